The Balaban J connectivity index is 1.50. The highest BCUT2D eigenvalue weighted by molar-refractivity contribution is 5.81. The molecule has 3 fully saturated rings. The third kappa shape index (κ3) is 3.28. The molecule has 0 aromatic heterocycles. The number of quaternary nitrogens is 1. The lowest BCUT2D eigenvalue weighted by Gasteiger charge is -2.37. The minimum Gasteiger partial charge on any atom is -0.454 e. The van der Waals surface area contributed by atoms with E-state index in [1.165, 1.54) is 0 Å². The van der Waals surface area contributed by atoms with Gasteiger partial charge in [-0.25, -0.2) is 4.79 Å². The maximum Gasteiger partial charge on any atom is 0.343 e. The Morgan fingerprint density at radius 3 is 2.46 bits per heavy atom. The normalized spacial score (nSPS) is 28.1. The van der Waals surface area contributed by atoms with Crippen molar-refractivity contribution in [2.45, 2.75) is 43.8 Å². The van der Waals surface area contributed by atoms with Crippen molar-refractivity contribution in [2.75, 3.05) is 39.4 Å². The monoisotopic (exact) mass is 360 g/mol. The van der Waals surface area contributed by atoms with Gasteiger partial charge in [-0.2, -0.15) is 0 Å². The molecule has 2 heterocycles. The summed E-state index contributed by atoms with van der Waals surface area (Å²) in [5, 5.41) is 11.5. The van der Waals surface area contributed by atoms with Gasteiger partial charge in [0.2, 0.25) is 0 Å². The van der Waals surface area contributed by atoms with Gasteiger partial charge >= 0.3 is 5.97 Å². The SMILES string of the molecule is O=C(OC1CC[N+]2(CCOCC2)C1)C(O)(c1ccccc1)C1CCCC1. The number of hydrogen-bond acceptors (Lipinski definition) is 4. The van der Waals surface area contributed by atoms with Crippen LogP contribution in [0.5, 0.6) is 0 Å². The van der Waals surface area contributed by atoms with Crippen LogP contribution in [0.3, 0.4) is 0 Å². The standard InChI is InChI=1S/C21H30NO4/c23-20(26-19-10-11-22(16-19)12-14-25-15-13-22)21(24,18-8-4-5-9-18)17-6-2-1-3-7-17/h1-3,6-7,18-19,24H,4-5,8-16H2/q+1. The van der Waals surface area contributed by atoms with Crippen molar-refractivity contribution in [3.05, 3.63) is 35.9 Å². The fraction of sp³-hybridized carbons (Fsp3) is 0.667. The van der Waals surface area contributed by atoms with Crippen LogP contribution in [-0.4, -0.2) is 61.1 Å². The maximum atomic E-state index is 13.2. The first-order valence-corrected chi connectivity index (χ1v) is 10.0. The molecular formula is C21H30NO4+. The van der Waals surface area contributed by atoms with Gasteiger partial charge in [0.25, 0.3) is 0 Å². The van der Waals surface area contributed by atoms with E-state index in [2.05, 4.69) is 0 Å². The number of hydrogen-bond donors (Lipinski definition) is 1. The quantitative estimate of drug-likeness (QED) is 0.661. The number of rotatable bonds is 4. The molecule has 26 heavy (non-hydrogen) atoms. The van der Waals surface area contributed by atoms with Gasteiger partial charge in [-0.3, -0.25) is 0 Å². The molecule has 1 saturated carbocycles. The molecule has 0 bridgehead atoms. The highest BCUT2D eigenvalue weighted by Crippen LogP contribution is 2.42. The van der Waals surface area contributed by atoms with Crippen LogP contribution in [0.15, 0.2) is 30.3 Å². The molecule has 4 rings (SSSR count). The molecule has 1 spiro atoms. The average molecular weight is 360 g/mol. The Bertz CT molecular complexity index is 622. The molecule has 5 heteroatoms. The second-order valence-corrected chi connectivity index (χ2v) is 8.24. The molecule has 2 aliphatic heterocycles. The van der Waals surface area contributed by atoms with E-state index in [0.717, 1.165) is 76.0 Å². The van der Waals surface area contributed by atoms with E-state index in [1.54, 1.807) is 0 Å². The minimum absolute atomic E-state index is 0.0506. The number of nitrogens with zero attached hydrogens (tertiary/aromatic N) is 1. The van der Waals surface area contributed by atoms with Crippen LogP contribution in [0.2, 0.25) is 0 Å². The predicted octanol–water partition coefficient (Wildman–Crippen LogP) is 2.23. The number of carbonyl (C=O) groups excluding carboxylic acids is 1. The largest absolute Gasteiger partial charge is 0.454 e. The topological polar surface area (TPSA) is 55.8 Å². The molecule has 2 atom stereocenters. The molecular weight excluding hydrogens is 330 g/mol. The van der Waals surface area contributed by atoms with E-state index < -0.39 is 11.6 Å². The van der Waals surface area contributed by atoms with Gasteiger partial charge in [0.05, 0.1) is 19.8 Å². The van der Waals surface area contributed by atoms with Crippen molar-refractivity contribution in [1.29, 1.82) is 0 Å². The number of benzene rings is 1. The van der Waals surface area contributed by atoms with Crippen LogP contribution in [-0.2, 0) is 19.9 Å². The van der Waals surface area contributed by atoms with E-state index in [1.807, 2.05) is 30.3 Å². The molecule has 1 aliphatic carbocycles. The van der Waals surface area contributed by atoms with Crippen LogP contribution in [0, 0.1) is 5.92 Å². The molecule has 0 radical (unpaired) electrons. The van der Waals surface area contributed by atoms with Crippen LogP contribution < -0.4 is 0 Å². The van der Waals surface area contributed by atoms with Crippen molar-refractivity contribution in [1.82, 2.24) is 0 Å². The molecule has 5 nitrogen and oxygen atoms in total. The highest BCUT2D eigenvalue weighted by Gasteiger charge is 2.50. The molecule has 2 saturated heterocycles. The molecule has 1 aromatic rings. The summed E-state index contributed by atoms with van der Waals surface area (Å²) < 4.78 is 12.4. The maximum absolute atomic E-state index is 13.2. The minimum atomic E-state index is -1.52. The molecule has 2 unspecified atom stereocenters. The number of esters is 1. The first kappa shape index (κ1) is 18.0. The summed E-state index contributed by atoms with van der Waals surface area (Å²) in [5.41, 5.74) is -0.846. The van der Waals surface area contributed by atoms with E-state index in [4.69, 9.17) is 9.47 Å². The summed E-state index contributed by atoms with van der Waals surface area (Å²) in [6.07, 6.45) is 4.66. The summed E-state index contributed by atoms with van der Waals surface area (Å²) in [6.45, 7) is 5.46. The lowest BCUT2D eigenvalue weighted by atomic mass is 9.80. The summed E-state index contributed by atoms with van der Waals surface area (Å²) in [4.78, 5) is 13.2. The van der Waals surface area contributed by atoms with E-state index >= 15 is 0 Å². The van der Waals surface area contributed by atoms with Gasteiger partial charge in [0.15, 0.2) is 11.7 Å². The fourth-order valence-corrected chi connectivity index (χ4v) is 5.06. The summed E-state index contributed by atoms with van der Waals surface area (Å²) >= 11 is 0. The molecule has 0 amide bonds. The summed E-state index contributed by atoms with van der Waals surface area (Å²) in [7, 11) is 0. The third-order valence-corrected chi connectivity index (χ3v) is 6.68. The van der Waals surface area contributed by atoms with Crippen molar-refractivity contribution in [3.63, 3.8) is 0 Å². The van der Waals surface area contributed by atoms with E-state index in [0.29, 0.717) is 5.56 Å². The second-order valence-electron chi connectivity index (χ2n) is 8.24. The average Bonchev–Trinajstić information content (AvgIpc) is 3.34. The van der Waals surface area contributed by atoms with E-state index in [9.17, 15) is 9.90 Å². The summed E-state index contributed by atoms with van der Waals surface area (Å²) in [5.74, 6) is -0.501. The molecule has 1 aromatic carbocycles. The molecule has 3 aliphatic rings. The smallest absolute Gasteiger partial charge is 0.343 e. The van der Waals surface area contributed by atoms with Crippen LogP contribution in [0.1, 0.15) is 37.7 Å². The Morgan fingerprint density at radius 2 is 1.77 bits per heavy atom. The Morgan fingerprint density at radius 1 is 1.08 bits per heavy atom. The zero-order chi connectivity index (χ0) is 18.0. The van der Waals surface area contributed by atoms with Crippen molar-refractivity contribution in [2.24, 2.45) is 5.92 Å². The zero-order valence-corrected chi connectivity index (χ0v) is 15.4. The van der Waals surface area contributed by atoms with Crippen LogP contribution in [0.25, 0.3) is 0 Å². The molecule has 1 N–H and O–H groups in total. The van der Waals surface area contributed by atoms with Crippen LogP contribution >= 0.6 is 0 Å². The van der Waals surface area contributed by atoms with Crippen molar-refractivity contribution < 1.29 is 23.9 Å². The van der Waals surface area contributed by atoms with Crippen molar-refractivity contribution >= 4 is 5.97 Å². The molecule has 142 valence electrons. The number of carbonyl (C=O) groups is 1. The Kier molecular flexibility index (Phi) is 5.04. The van der Waals surface area contributed by atoms with Gasteiger partial charge < -0.3 is 19.1 Å². The summed E-state index contributed by atoms with van der Waals surface area (Å²) in [6, 6.07) is 9.37. The van der Waals surface area contributed by atoms with Gasteiger partial charge in [0.1, 0.15) is 19.6 Å². The second kappa shape index (κ2) is 7.29. The predicted molar refractivity (Wildman–Crippen MR) is 97.3 cm³/mol. The van der Waals surface area contributed by atoms with Gasteiger partial charge in [0, 0.05) is 12.3 Å². The van der Waals surface area contributed by atoms with Gasteiger partial charge in [-0.05, 0) is 18.4 Å². The first-order chi connectivity index (χ1) is 12.6. The van der Waals surface area contributed by atoms with Gasteiger partial charge in [-0.15, -0.1) is 0 Å². The lowest BCUT2D eigenvalue weighted by Crippen LogP contribution is -2.54. The third-order valence-electron chi connectivity index (χ3n) is 6.68. The Hall–Kier alpha value is -1.43. The van der Waals surface area contributed by atoms with Crippen molar-refractivity contribution in [3.8, 4) is 0 Å². The zero-order valence-electron chi connectivity index (χ0n) is 15.4. The van der Waals surface area contributed by atoms with Gasteiger partial charge in [-0.1, -0.05) is 43.2 Å². The number of morpholine rings is 1. The Labute approximate surface area is 155 Å². The number of aliphatic hydroxyl groups is 1. The lowest BCUT2D eigenvalue weighted by molar-refractivity contribution is -0.925. The highest BCUT2D eigenvalue weighted by atomic mass is 16.6. The van der Waals surface area contributed by atoms with Crippen LogP contribution in [0.4, 0.5) is 0 Å². The number of ether oxygens (including phenoxy) is 2. The van der Waals surface area contributed by atoms with E-state index in [-0.39, 0.29) is 12.0 Å². The first-order valence-electron chi connectivity index (χ1n) is 10.0. The fourth-order valence-electron chi connectivity index (χ4n) is 5.06.